The second kappa shape index (κ2) is 2.86. The number of hydrogen-bond acceptors (Lipinski definition) is 2. The van der Waals surface area contributed by atoms with Crippen molar-refractivity contribution in [2.75, 3.05) is 0 Å². The third kappa shape index (κ3) is 1.67. The summed E-state index contributed by atoms with van der Waals surface area (Å²) in [6, 6.07) is 0. The highest BCUT2D eigenvalue weighted by molar-refractivity contribution is 5.93. The number of carboxylic acids is 1. The Morgan fingerprint density at radius 1 is 1.82 bits per heavy atom. The van der Waals surface area contributed by atoms with Gasteiger partial charge >= 0.3 is 5.97 Å². The second-order valence-corrected chi connectivity index (χ2v) is 2.82. The minimum Gasteiger partial charge on any atom is -0.481 e. The lowest BCUT2D eigenvalue weighted by Gasteiger charge is -2.10. The predicted molar refractivity (Wildman–Crippen MR) is 39.1 cm³/mol. The van der Waals surface area contributed by atoms with Gasteiger partial charge in [-0.1, -0.05) is 13.0 Å². The SMILES string of the molecule is CC(C(=O)O)C1C=CC(=O)C1. The molecular formula is C8H10O3. The Hall–Kier alpha value is -1.12. The molecule has 1 aliphatic carbocycles. The van der Waals surface area contributed by atoms with Crippen LogP contribution >= 0.6 is 0 Å². The average molecular weight is 154 g/mol. The van der Waals surface area contributed by atoms with Crippen molar-refractivity contribution in [1.82, 2.24) is 0 Å². The van der Waals surface area contributed by atoms with Gasteiger partial charge in [0.25, 0.3) is 0 Å². The van der Waals surface area contributed by atoms with E-state index in [1.165, 1.54) is 6.08 Å². The first-order valence-electron chi connectivity index (χ1n) is 3.55. The lowest BCUT2D eigenvalue weighted by Crippen LogP contribution is -2.18. The normalized spacial score (nSPS) is 25.5. The number of carbonyl (C=O) groups is 2. The van der Waals surface area contributed by atoms with E-state index in [2.05, 4.69) is 0 Å². The molecule has 0 radical (unpaired) electrons. The van der Waals surface area contributed by atoms with Gasteiger partial charge in [-0.05, 0) is 12.0 Å². The summed E-state index contributed by atoms with van der Waals surface area (Å²) in [4.78, 5) is 21.1. The van der Waals surface area contributed by atoms with Crippen LogP contribution in [0.4, 0.5) is 0 Å². The van der Waals surface area contributed by atoms with E-state index >= 15 is 0 Å². The number of rotatable bonds is 2. The minimum atomic E-state index is -0.839. The van der Waals surface area contributed by atoms with Crippen molar-refractivity contribution in [1.29, 1.82) is 0 Å². The molecule has 1 N–H and O–H groups in total. The van der Waals surface area contributed by atoms with E-state index in [1.54, 1.807) is 13.0 Å². The molecule has 0 aliphatic heterocycles. The lowest BCUT2D eigenvalue weighted by molar-refractivity contribution is -0.142. The molecule has 0 aromatic heterocycles. The van der Waals surface area contributed by atoms with Crippen LogP contribution in [-0.2, 0) is 9.59 Å². The number of ketones is 1. The summed E-state index contributed by atoms with van der Waals surface area (Å²) in [5, 5.41) is 8.58. The predicted octanol–water partition coefficient (Wildman–Crippen LogP) is 0.852. The summed E-state index contributed by atoms with van der Waals surface area (Å²) >= 11 is 0. The Balaban J connectivity index is 2.57. The first-order chi connectivity index (χ1) is 5.11. The van der Waals surface area contributed by atoms with E-state index in [0.717, 1.165) is 0 Å². The Morgan fingerprint density at radius 2 is 2.45 bits per heavy atom. The molecule has 3 nitrogen and oxygen atoms in total. The monoisotopic (exact) mass is 154 g/mol. The third-order valence-corrected chi connectivity index (χ3v) is 2.00. The van der Waals surface area contributed by atoms with E-state index in [9.17, 15) is 9.59 Å². The molecule has 0 heterocycles. The van der Waals surface area contributed by atoms with Gasteiger partial charge in [0.2, 0.25) is 0 Å². The number of allylic oxidation sites excluding steroid dienone is 2. The molecule has 0 bridgehead atoms. The maximum Gasteiger partial charge on any atom is 0.306 e. The topological polar surface area (TPSA) is 54.4 Å². The molecule has 0 aromatic carbocycles. The quantitative estimate of drug-likeness (QED) is 0.641. The van der Waals surface area contributed by atoms with Gasteiger partial charge in [0.1, 0.15) is 0 Å². The van der Waals surface area contributed by atoms with Gasteiger partial charge in [-0.3, -0.25) is 9.59 Å². The lowest BCUT2D eigenvalue weighted by atomic mass is 9.94. The molecule has 0 amide bonds. The molecule has 0 saturated carbocycles. The van der Waals surface area contributed by atoms with Gasteiger partial charge in [-0.2, -0.15) is 0 Å². The van der Waals surface area contributed by atoms with Crippen molar-refractivity contribution in [2.45, 2.75) is 13.3 Å². The number of carboxylic acid groups (broad SMARTS) is 1. The van der Waals surface area contributed by atoms with Crippen molar-refractivity contribution in [2.24, 2.45) is 11.8 Å². The van der Waals surface area contributed by atoms with Gasteiger partial charge in [0.05, 0.1) is 5.92 Å². The van der Waals surface area contributed by atoms with Gasteiger partial charge in [0.15, 0.2) is 5.78 Å². The van der Waals surface area contributed by atoms with Crippen LogP contribution in [0.5, 0.6) is 0 Å². The molecule has 2 atom stereocenters. The van der Waals surface area contributed by atoms with Gasteiger partial charge in [0, 0.05) is 6.42 Å². The van der Waals surface area contributed by atoms with Crippen LogP contribution in [0.15, 0.2) is 12.2 Å². The third-order valence-electron chi connectivity index (χ3n) is 2.00. The fraction of sp³-hybridized carbons (Fsp3) is 0.500. The molecular weight excluding hydrogens is 144 g/mol. The molecule has 3 heteroatoms. The number of carbonyl (C=O) groups excluding carboxylic acids is 1. The molecule has 0 aromatic rings. The fourth-order valence-electron chi connectivity index (χ4n) is 1.13. The van der Waals surface area contributed by atoms with Crippen LogP contribution in [0, 0.1) is 11.8 Å². The molecule has 1 aliphatic rings. The van der Waals surface area contributed by atoms with Gasteiger partial charge in [-0.25, -0.2) is 0 Å². The Kier molecular flexibility index (Phi) is 2.08. The van der Waals surface area contributed by atoms with E-state index in [0.29, 0.717) is 6.42 Å². The van der Waals surface area contributed by atoms with Crippen LogP contribution in [0.1, 0.15) is 13.3 Å². The van der Waals surface area contributed by atoms with Crippen molar-refractivity contribution in [3.63, 3.8) is 0 Å². The van der Waals surface area contributed by atoms with E-state index in [1.807, 2.05) is 0 Å². The maximum absolute atomic E-state index is 10.7. The molecule has 0 spiro atoms. The van der Waals surface area contributed by atoms with Gasteiger partial charge in [-0.15, -0.1) is 0 Å². The zero-order chi connectivity index (χ0) is 8.43. The van der Waals surface area contributed by atoms with Crippen molar-refractivity contribution in [3.05, 3.63) is 12.2 Å². The van der Waals surface area contributed by atoms with Crippen LogP contribution in [-0.4, -0.2) is 16.9 Å². The first kappa shape index (κ1) is 7.98. The Morgan fingerprint density at radius 3 is 2.82 bits per heavy atom. The molecule has 0 fully saturated rings. The summed E-state index contributed by atoms with van der Waals surface area (Å²) < 4.78 is 0. The van der Waals surface area contributed by atoms with Crippen molar-refractivity contribution in [3.8, 4) is 0 Å². The number of aliphatic carboxylic acids is 1. The molecule has 0 saturated heterocycles. The minimum absolute atomic E-state index is 0.0306. The highest BCUT2D eigenvalue weighted by Crippen LogP contribution is 2.22. The summed E-state index contributed by atoms with van der Waals surface area (Å²) in [7, 11) is 0. The van der Waals surface area contributed by atoms with Crippen molar-refractivity contribution >= 4 is 11.8 Å². The number of hydrogen-bond donors (Lipinski definition) is 1. The first-order valence-corrected chi connectivity index (χ1v) is 3.55. The zero-order valence-electron chi connectivity index (χ0n) is 6.28. The van der Waals surface area contributed by atoms with Gasteiger partial charge < -0.3 is 5.11 Å². The molecule has 11 heavy (non-hydrogen) atoms. The Bertz CT molecular complexity index is 217. The zero-order valence-corrected chi connectivity index (χ0v) is 6.28. The largest absolute Gasteiger partial charge is 0.481 e. The van der Waals surface area contributed by atoms with Crippen LogP contribution in [0.3, 0.4) is 0 Å². The smallest absolute Gasteiger partial charge is 0.306 e. The van der Waals surface area contributed by atoms with Crippen molar-refractivity contribution < 1.29 is 14.7 Å². The molecule has 2 unspecified atom stereocenters. The summed E-state index contributed by atoms with van der Waals surface area (Å²) in [6.45, 7) is 1.62. The van der Waals surface area contributed by atoms with E-state index in [4.69, 9.17) is 5.11 Å². The summed E-state index contributed by atoms with van der Waals surface area (Å²) in [6.07, 6.45) is 3.50. The van der Waals surface area contributed by atoms with Crippen LogP contribution in [0.25, 0.3) is 0 Å². The van der Waals surface area contributed by atoms with E-state index < -0.39 is 11.9 Å². The fourth-order valence-corrected chi connectivity index (χ4v) is 1.13. The van der Waals surface area contributed by atoms with E-state index in [-0.39, 0.29) is 11.7 Å². The highest BCUT2D eigenvalue weighted by atomic mass is 16.4. The van der Waals surface area contributed by atoms with Crippen LogP contribution < -0.4 is 0 Å². The molecule has 60 valence electrons. The van der Waals surface area contributed by atoms with Crippen LogP contribution in [0.2, 0.25) is 0 Å². The standard InChI is InChI=1S/C8H10O3/c1-5(8(10)11)6-2-3-7(9)4-6/h2-3,5-6H,4H2,1H3,(H,10,11). The highest BCUT2D eigenvalue weighted by Gasteiger charge is 2.26. The summed E-state index contributed by atoms with van der Waals surface area (Å²) in [5.41, 5.74) is 0. The molecule has 1 rings (SSSR count). The summed E-state index contributed by atoms with van der Waals surface area (Å²) in [5.74, 6) is -1.35. The maximum atomic E-state index is 10.7. The second-order valence-electron chi connectivity index (χ2n) is 2.82. The average Bonchev–Trinajstić information content (AvgIpc) is 2.34. The Labute approximate surface area is 64.7 Å².